The molecule has 2 rings (SSSR count). The third-order valence-corrected chi connectivity index (χ3v) is 3.46. The minimum Gasteiger partial charge on any atom is -0.461 e. The summed E-state index contributed by atoms with van der Waals surface area (Å²) in [6.07, 6.45) is 0. The first-order valence-electron chi connectivity index (χ1n) is 7.49. The van der Waals surface area contributed by atoms with Gasteiger partial charge in [-0.3, -0.25) is 5.01 Å². The van der Waals surface area contributed by atoms with Gasteiger partial charge in [-0.15, -0.1) is 0 Å². The van der Waals surface area contributed by atoms with E-state index in [4.69, 9.17) is 4.74 Å². The molecule has 0 N–H and O–H groups in total. The van der Waals surface area contributed by atoms with E-state index in [-0.39, 0.29) is 12.2 Å². The van der Waals surface area contributed by atoms with Gasteiger partial charge >= 0.3 is 11.9 Å². The van der Waals surface area contributed by atoms with E-state index < -0.39 is 17.6 Å². The Bertz CT molecular complexity index is 584. The van der Waals surface area contributed by atoms with Crippen LogP contribution in [0.1, 0.15) is 18.1 Å². The van der Waals surface area contributed by atoms with Crippen LogP contribution in [-0.4, -0.2) is 55.5 Å². The first-order chi connectivity index (χ1) is 11.0. The predicted molar refractivity (Wildman–Crippen MR) is 81.7 cm³/mol. The van der Waals surface area contributed by atoms with Crippen LogP contribution in [-0.2, 0) is 14.3 Å². The number of hydrazone groups is 1. The van der Waals surface area contributed by atoms with Crippen LogP contribution < -0.4 is 0 Å². The van der Waals surface area contributed by atoms with Crippen molar-refractivity contribution >= 4 is 11.7 Å². The zero-order chi connectivity index (χ0) is 16.9. The molecular formula is C16H20F2N2O3. The van der Waals surface area contributed by atoms with Gasteiger partial charge in [0.1, 0.15) is 5.71 Å². The maximum Gasteiger partial charge on any atom is 0.386 e. The Labute approximate surface area is 133 Å². The van der Waals surface area contributed by atoms with Crippen molar-refractivity contribution in [2.75, 3.05) is 32.9 Å². The normalized spacial score (nSPS) is 16.3. The number of nitrogens with zero attached hydrogens (tertiary/aromatic N) is 2. The molecule has 23 heavy (non-hydrogen) atoms. The standard InChI is InChI=1S/C16H20F2N2O3/c1-3-23-15(21)16(17,18)14(13-7-5-4-6-12(13)2)19-20-8-10-22-11-9-20/h4-7H,3,8-11H2,1-2H3/b19-14+. The van der Waals surface area contributed by atoms with Gasteiger partial charge in [0.05, 0.1) is 32.9 Å². The van der Waals surface area contributed by atoms with Crippen molar-refractivity contribution in [2.45, 2.75) is 19.8 Å². The van der Waals surface area contributed by atoms with Crippen LogP contribution in [0.2, 0.25) is 0 Å². The Kier molecular flexibility index (Phi) is 5.65. The average molecular weight is 326 g/mol. The number of ether oxygens (including phenoxy) is 2. The summed E-state index contributed by atoms with van der Waals surface area (Å²) in [4.78, 5) is 11.7. The summed E-state index contributed by atoms with van der Waals surface area (Å²) in [6.45, 7) is 4.69. The summed E-state index contributed by atoms with van der Waals surface area (Å²) in [5.41, 5.74) is 0.261. The van der Waals surface area contributed by atoms with Gasteiger partial charge in [-0.2, -0.15) is 13.9 Å². The minimum absolute atomic E-state index is 0.118. The highest BCUT2D eigenvalue weighted by Crippen LogP contribution is 2.26. The Balaban J connectivity index is 2.44. The van der Waals surface area contributed by atoms with Crippen molar-refractivity contribution in [1.82, 2.24) is 5.01 Å². The number of aryl methyl sites for hydroxylation is 1. The fraction of sp³-hybridized carbons (Fsp3) is 0.500. The molecule has 1 aromatic rings. The van der Waals surface area contributed by atoms with Gasteiger partial charge in [-0.25, -0.2) is 4.79 Å². The number of benzene rings is 1. The molecule has 1 heterocycles. The Hall–Kier alpha value is -2.02. The lowest BCUT2D eigenvalue weighted by Gasteiger charge is -2.27. The highest BCUT2D eigenvalue weighted by atomic mass is 19.3. The summed E-state index contributed by atoms with van der Waals surface area (Å²) >= 11 is 0. The summed E-state index contributed by atoms with van der Waals surface area (Å²) in [5.74, 6) is -5.41. The number of morpholine rings is 1. The van der Waals surface area contributed by atoms with Crippen molar-refractivity contribution in [2.24, 2.45) is 5.10 Å². The predicted octanol–water partition coefficient (Wildman–Crippen LogP) is 2.23. The average Bonchev–Trinajstić information content (AvgIpc) is 2.54. The maximum atomic E-state index is 14.6. The molecule has 0 bridgehead atoms. The fourth-order valence-corrected chi connectivity index (χ4v) is 2.24. The van der Waals surface area contributed by atoms with Gasteiger partial charge in [0.15, 0.2) is 0 Å². The second kappa shape index (κ2) is 7.50. The SMILES string of the molecule is CCOC(=O)C(F)(F)/C(=N/N1CCOCC1)c1ccccc1C. The number of carbonyl (C=O) groups is 1. The molecule has 0 spiro atoms. The van der Waals surface area contributed by atoms with Crippen molar-refractivity contribution in [3.8, 4) is 0 Å². The van der Waals surface area contributed by atoms with E-state index in [2.05, 4.69) is 9.84 Å². The molecule has 0 aliphatic carbocycles. The number of alkyl halides is 2. The second-order valence-corrected chi connectivity index (χ2v) is 5.12. The Morgan fingerprint density at radius 2 is 2.00 bits per heavy atom. The molecule has 7 heteroatoms. The van der Waals surface area contributed by atoms with Crippen LogP contribution in [0.25, 0.3) is 0 Å². The van der Waals surface area contributed by atoms with Crippen LogP contribution in [0.15, 0.2) is 29.4 Å². The summed E-state index contributed by atoms with van der Waals surface area (Å²) < 4.78 is 39.0. The van der Waals surface area contributed by atoms with Gasteiger partial charge in [-0.1, -0.05) is 24.3 Å². The first-order valence-corrected chi connectivity index (χ1v) is 7.49. The molecule has 0 saturated carbocycles. The largest absolute Gasteiger partial charge is 0.461 e. The third kappa shape index (κ3) is 4.04. The van der Waals surface area contributed by atoms with Crippen LogP contribution in [0, 0.1) is 6.92 Å². The van der Waals surface area contributed by atoms with Crippen molar-refractivity contribution in [3.63, 3.8) is 0 Å². The van der Waals surface area contributed by atoms with Gasteiger partial charge in [0.2, 0.25) is 0 Å². The van der Waals surface area contributed by atoms with Gasteiger partial charge in [0, 0.05) is 5.56 Å². The van der Waals surface area contributed by atoms with E-state index in [1.54, 1.807) is 25.1 Å². The zero-order valence-corrected chi connectivity index (χ0v) is 13.2. The van der Waals surface area contributed by atoms with E-state index in [9.17, 15) is 13.6 Å². The molecule has 0 radical (unpaired) electrons. The number of halogens is 2. The summed E-state index contributed by atoms with van der Waals surface area (Å²) in [6, 6.07) is 6.61. The molecule has 5 nitrogen and oxygen atoms in total. The van der Waals surface area contributed by atoms with Crippen molar-refractivity contribution in [3.05, 3.63) is 35.4 Å². The van der Waals surface area contributed by atoms with Crippen molar-refractivity contribution < 1.29 is 23.0 Å². The van der Waals surface area contributed by atoms with Crippen LogP contribution in [0.5, 0.6) is 0 Å². The van der Waals surface area contributed by atoms with E-state index in [0.29, 0.717) is 31.9 Å². The molecular weight excluding hydrogens is 306 g/mol. The number of carbonyl (C=O) groups excluding carboxylic acids is 1. The van der Waals surface area contributed by atoms with Gasteiger partial charge in [-0.05, 0) is 19.4 Å². The van der Waals surface area contributed by atoms with Crippen LogP contribution in [0.4, 0.5) is 8.78 Å². The molecule has 1 fully saturated rings. The monoisotopic (exact) mass is 326 g/mol. The lowest BCUT2D eigenvalue weighted by atomic mass is 9.99. The number of esters is 1. The second-order valence-electron chi connectivity index (χ2n) is 5.12. The Morgan fingerprint density at radius 1 is 1.35 bits per heavy atom. The van der Waals surface area contributed by atoms with E-state index in [1.807, 2.05) is 0 Å². The molecule has 1 saturated heterocycles. The molecule has 0 aromatic heterocycles. The summed E-state index contributed by atoms with van der Waals surface area (Å²) in [7, 11) is 0. The van der Waals surface area contributed by atoms with Gasteiger partial charge < -0.3 is 9.47 Å². The van der Waals surface area contributed by atoms with Crippen LogP contribution >= 0.6 is 0 Å². The third-order valence-electron chi connectivity index (χ3n) is 3.46. The smallest absolute Gasteiger partial charge is 0.386 e. The molecule has 0 amide bonds. The lowest BCUT2D eigenvalue weighted by molar-refractivity contribution is -0.162. The summed E-state index contributed by atoms with van der Waals surface area (Å²) in [5, 5.41) is 5.56. The lowest BCUT2D eigenvalue weighted by Crippen LogP contribution is -2.43. The number of hydrogen-bond donors (Lipinski definition) is 0. The first kappa shape index (κ1) is 17.3. The Morgan fingerprint density at radius 3 is 2.61 bits per heavy atom. The molecule has 1 aliphatic rings. The van der Waals surface area contributed by atoms with Crippen molar-refractivity contribution in [1.29, 1.82) is 0 Å². The van der Waals surface area contributed by atoms with E-state index in [1.165, 1.54) is 18.0 Å². The number of rotatable bonds is 5. The molecule has 1 aliphatic heterocycles. The molecule has 126 valence electrons. The number of hydrogen-bond acceptors (Lipinski definition) is 5. The topological polar surface area (TPSA) is 51.1 Å². The zero-order valence-electron chi connectivity index (χ0n) is 13.2. The molecule has 0 atom stereocenters. The maximum absolute atomic E-state index is 14.6. The fourth-order valence-electron chi connectivity index (χ4n) is 2.24. The van der Waals surface area contributed by atoms with E-state index >= 15 is 0 Å². The van der Waals surface area contributed by atoms with E-state index in [0.717, 1.165) is 0 Å². The molecule has 0 unspecified atom stereocenters. The highest BCUT2D eigenvalue weighted by molar-refractivity contribution is 6.17. The van der Waals surface area contributed by atoms with Crippen LogP contribution in [0.3, 0.4) is 0 Å². The minimum atomic E-state index is -3.82. The quantitative estimate of drug-likeness (QED) is 0.615. The van der Waals surface area contributed by atoms with Gasteiger partial charge in [0.25, 0.3) is 0 Å². The highest BCUT2D eigenvalue weighted by Gasteiger charge is 2.48. The molecule has 1 aromatic carbocycles.